The molecule has 0 aliphatic carbocycles. The molecule has 1 aromatic rings. The van der Waals surface area contributed by atoms with Gasteiger partial charge in [-0.15, -0.1) is 0 Å². The third kappa shape index (κ3) is 2.19. The third-order valence-electron chi connectivity index (χ3n) is 1.97. The molecule has 0 saturated carbocycles. The minimum atomic E-state index is -5.94. The van der Waals surface area contributed by atoms with E-state index in [2.05, 4.69) is 9.97 Å². The summed E-state index contributed by atoms with van der Waals surface area (Å²) in [5, 5.41) is 8.89. The molecule has 0 bridgehead atoms. The van der Waals surface area contributed by atoms with Crippen molar-refractivity contribution in [1.82, 2.24) is 9.97 Å². The van der Waals surface area contributed by atoms with Crippen molar-refractivity contribution in [2.45, 2.75) is 24.9 Å². The molecule has 0 unspecified atom stereocenters. The quantitative estimate of drug-likeness (QED) is 0.786. The Morgan fingerprint density at radius 1 is 0.941 bits per heavy atom. The Labute approximate surface area is 91.1 Å². The molecule has 1 aromatic heterocycles. The maximum absolute atomic E-state index is 12.3. The second-order valence-electron chi connectivity index (χ2n) is 3.25. The van der Waals surface area contributed by atoms with Crippen LogP contribution in [0.15, 0.2) is 12.4 Å². The van der Waals surface area contributed by atoms with E-state index in [0.29, 0.717) is 6.20 Å². The first kappa shape index (κ1) is 13.7. The van der Waals surface area contributed by atoms with E-state index in [0.717, 1.165) is 0 Å². The molecule has 1 N–H and O–H groups in total. The molecule has 3 nitrogen and oxygen atoms in total. The van der Waals surface area contributed by atoms with Gasteiger partial charge < -0.3 is 5.11 Å². The number of aryl methyl sites for hydroxylation is 1. The van der Waals surface area contributed by atoms with Crippen molar-refractivity contribution < 1.29 is 31.4 Å². The zero-order valence-electron chi connectivity index (χ0n) is 8.26. The largest absolute Gasteiger partial charge is 0.432 e. The van der Waals surface area contributed by atoms with Crippen molar-refractivity contribution in [2.24, 2.45) is 0 Å². The summed E-state index contributed by atoms with van der Waals surface area (Å²) in [6, 6.07) is 0. The summed E-state index contributed by atoms with van der Waals surface area (Å²) in [5.74, 6) is 0. The average molecular weight is 260 g/mol. The number of halogens is 6. The van der Waals surface area contributed by atoms with E-state index in [1.54, 1.807) is 0 Å². The minimum absolute atomic E-state index is 0.125. The number of nitrogens with zero attached hydrogens (tertiary/aromatic N) is 2. The molecule has 0 fully saturated rings. The second-order valence-corrected chi connectivity index (χ2v) is 3.25. The second kappa shape index (κ2) is 3.83. The van der Waals surface area contributed by atoms with Gasteiger partial charge in [0.1, 0.15) is 5.69 Å². The van der Waals surface area contributed by atoms with Crippen molar-refractivity contribution in [3.05, 3.63) is 23.8 Å². The fourth-order valence-corrected chi connectivity index (χ4v) is 1.03. The highest BCUT2D eigenvalue weighted by atomic mass is 19.4. The number of hydrogen-bond donors (Lipinski definition) is 1. The molecule has 96 valence electrons. The van der Waals surface area contributed by atoms with E-state index < -0.39 is 23.6 Å². The van der Waals surface area contributed by atoms with Crippen molar-refractivity contribution in [1.29, 1.82) is 0 Å². The van der Waals surface area contributed by atoms with Crippen LogP contribution in [0.1, 0.15) is 11.4 Å². The van der Waals surface area contributed by atoms with Gasteiger partial charge in [0.2, 0.25) is 0 Å². The maximum atomic E-state index is 12.3. The summed E-state index contributed by atoms with van der Waals surface area (Å²) in [6.07, 6.45) is -10.9. The normalized spacial score (nSPS) is 13.9. The Balaban J connectivity index is 3.41. The molecular formula is C8H6F6N2O. The van der Waals surface area contributed by atoms with Gasteiger partial charge in [0.25, 0.3) is 0 Å². The number of aromatic nitrogens is 2. The van der Waals surface area contributed by atoms with Crippen LogP contribution in [0.25, 0.3) is 0 Å². The van der Waals surface area contributed by atoms with Gasteiger partial charge in [-0.1, -0.05) is 0 Å². The van der Waals surface area contributed by atoms with Crippen molar-refractivity contribution in [2.75, 3.05) is 0 Å². The van der Waals surface area contributed by atoms with Crippen LogP contribution in [0.2, 0.25) is 0 Å². The summed E-state index contributed by atoms with van der Waals surface area (Å²) in [7, 11) is 0. The SMILES string of the molecule is Cc1cnc(C(O)(C(F)(F)F)C(F)(F)F)cn1. The predicted molar refractivity (Wildman–Crippen MR) is 42.8 cm³/mol. The predicted octanol–water partition coefficient (Wildman–Crippen LogP) is 2.10. The Hall–Kier alpha value is -1.38. The fraction of sp³-hybridized carbons (Fsp3) is 0.500. The first-order chi connectivity index (χ1) is 7.50. The van der Waals surface area contributed by atoms with Crippen molar-refractivity contribution in [3.8, 4) is 0 Å². The lowest BCUT2D eigenvalue weighted by Crippen LogP contribution is -2.54. The van der Waals surface area contributed by atoms with E-state index in [1.165, 1.54) is 6.92 Å². The summed E-state index contributed by atoms with van der Waals surface area (Å²) >= 11 is 0. The van der Waals surface area contributed by atoms with Gasteiger partial charge in [-0.05, 0) is 6.92 Å². The Morgan fingerprint density at radius 3 is 1.71 bits per heavy atom. The lowest BCUT2D eigenvalue weighted by Gasteiger charge is -2.31. The molecule has 0 aromatic carbocycles. The van der Waals surface area contributed by atoms with Gasteiger partial charge >= 0.3 is 18.0 Å². The molecule has 0 amide bonds. The highest BCUT2D eigenvalue weighted by Crippen LogP contribution is 2.49. The Morgan fingerprint density at radius 2 is 1.41 bits per heavy atom. The van der Waals surface area contributed by atoms with E-state index >= 15 is 0 Å². The highest BCUT2D eigenvalue weighted by Gasteiger charge is 2.72. The van der Waals surface area contributed by atoms with Crippen molar-refractivity contribution >= 4 is 0 Å². The number of alkyl halides is 6. The smallest absolute Gasteiger partial charge is 0.368 e. The van der Waals surface area contributed by atoms with E-state index in [4.69, 9.17) is 5.11 Å². The first-order valence-corrected chi connectivity index (χ1v) is 4.15. The molecule has 0 aliphatic rings. The van der Waals surface area contributed by atoms with Gasteiger partial charge in [-0.2, -0.15) is 26.3 Å². The molecular weight excluding hydrogens is 254 g/mol. The molecule has 0 atom stereocenters. The van der Waals surface area contributed by atoms with Crippen LogP contribution in [0, 0.1) is 6.92 Å². The Kier molecular flexibility index (Phi) is 3.08. The lowest BCUT2D eigenvalue weighted by atomic mass is 9.98. The maximum Gasteiger partial charge on any atom is 0.432 e. The Bertz CT molecular complexity index is 382. The summed E-state index contributed by atoms with van der Waals surface area (Å²) in [5.41, 5.74) is -6.50. The van der Waals surface area contributed by atoms with E-state index in [1.807, 2.05) is 0 Å². The molecule has 0 spiro atoms. The average Bonchev–Trinajstić information content (AvgIpc) is 2.14. The minimum Gasteiger partial charge on any atom is -0.368 e. The molecule has 0 saturated heterocycles. The molecule has 1 rings (SSSR count). The number of hydrogen-bond acceptors (Lipinski definition) is 3. The fourth-order valence-electron chi connectivity index (χ4n) is 1.03. The van der Waals surface area contributed by atoms with Crippen LogP contribution in [-0.4, -0.2) is 27.4 Å². The molecule has 17 heavy (non-hydrogen) atoms. The monoisotopic (exact) mass is 260 g/mol. The van der Waals surface area contributed by atoms with Crippen LogP contribution in [0.3, 0.4) is 0 Å². The van der Waals surface area contributed by atoms with Crippen LogP contribution < -0.4 is 0 Å². The summed E-state index contributed by atoms with van der Waals surface area (Å²) in [6.45, 7) is 1.33. The van der Waals surface area contributed by atoms with Gasteiger partial charge in [0.05, 0.1) is 11.9 Å². The highest BCUT2D eigenvalue weighted by molar-refractivity contribution is 5.16. The van der Waals surface area contributed by atoms with Crippen LogP contribution in [-0.2, 0) is 5.60 Å². The topological polar surface area (TPSA) is 46.0 Å². The number of aliphatic hydroxyl groups is 1. The lowest BCUT2D eigenvalue weighted by molar-refractivity contribution is -0.377. The van der Waals surface area contributed by atoms with Gasteiger partial charge in [0.15, 0.2) is 0 Å². The van der Waals surface area contributed by atoms with Gasteiger partial charge in [-0.25, -0.2) is 0 Å². The summed E-state index contributed by atoms with van der Waals surface area (Å²) in [4.78, 5) is 6.18. The van der Waals surface area contributed by atoms with E-state index in [-0.39, 0.29) is 11.9 Å². The summed E-state index contributed by atoms with van der Waals surface area (Å²) < 4.78 is 74.1. The van der Waals surface area contributed by atoms with Crippen LogP contribution in [0.4, 0.5) is 26.3 Å². The molecule has 0 radical (unpaired) electrons. The van der Waals surface area contributed by atoms with E-state index in [9.17, 15) is 26.3 Å². The third-order valence-corrected chi connectivity index (χ3v) is 1.97. The van der Waals surface area contributed by atoms with Crippen molar-refractivity contribution in [3.63, 3.8) is 0 Å². The zero-order valence-corrected chi connectivity index (χ0v) is 8.26. The molecule has 9 heteroatoms. The van der Waals surface area contributed by atoms with Crippen LogP contribution >= 0.6 is 0 Å². The van der Waals surface area contributed by atoms with Gasteiger partial charge in [-0.3, -0.25) is 9.97 Å². The first-order valence-electron chi connectivity index (χ1n) is 4.15. The van der Waals surface area contributed by atoms with Crippen LogP contribution in [0.5, 0.6) is 0 Å². The molecule has 0 aliphatic heterocycles. The number of rotatable bonds is 1. The standard InChI is InChI=1S/C8H6F6N2O/c1-4-2-16-5(3-15-4)6(17,7(9,10)11)8(12,13)14/h2-3,17H,1H3. The molecule has 1 heterocycles. The zero-order chi connectivity index (χ0) is 13.5. The van der Waals surface area contributed by atoms with Gasteiger partial charge in [0, 0.05) is 6.20 Å².